The molecule has 5 atom stereocenters. The Kier molecular flexibility index (Phi) is 8.85. The Labute approximate surface area is 248 Å². The molecule has 1 aromatic carbocycles. The SMILES string of the molecule is Cc1ccc(OC(=O)N(C)CCNC(=O)C(N)CCCCN)c2c1[C@]13CCN(CC4CC4)[C@H](C)[C@]1(O)CCC(=O)[C@@H]3O2. The van der Waals surface area contributed by atoms with E-state index in [0.29, 0.717) is 37.5 Å². The van der Waals surface area contributed by atoms with Gasteiger partial charge < -0.3 is 36.3 Å². The summed E-state index contributed by atoms with van der Waals surface area (Å²) in [5.74, 6) is 0.995. The number of piperidine rings is 1. The summed E-state index contributed by atoms with van der Waals surface area (Å²) in [6, 6.07) is 2.80. The van der Waals surface area contributed by atoms with Gasteiger partial charge in [-0.25, -0.2) is 4.79 Å². The van der Waals surface area contributed by atoms with E-state index < -0.39 is 29.3 Å². The number of ketones is 1. The number of carbonyl (C=O) groups excluding carboxylic acids is 3. The highest BCUT2D eigenvalue weighted by atomic mass is 16.6. The minimum Gasteiger partial charge on any atom is -0.477 e. The van der Waals surface area contributed by atoms with Gasteiger partial charge in [-0.2, -0.15) is 0 Å². The summed E-state index contributed by atoms with van der Waals surface area (Å²) in [7, 11) is 1.59. The standard InChI is InChI=1S/C31H47N5O6/c1-19-7-10-24(41-29(39)35(3)17-15-34-28(38)22(33)6-4-5-14-32)26-25(19)30-13-16-36(18-21-8-9-21)20(2)31(30,40)12-11-23(37)27(30)42-26/h7,10,20-22,27,40H,4-6,8-9,11-18,32-33H2,1-3H3,(H,34,38)/t20-,22?,27+,30+,31-/m1/s1. The van der Waals surface area contributed by atoms with Crippen molar-refractivity contribution in [2.45, 2.75) is 94.4 Å². The monoisotopic (exact) mass is 585 g/mol. The van der Waals surface area contributed by atoms with E-state index in [-0.39, 0.29) is 43.0 Å². The molecule has 4 aliphatic rings. The molecular formula is C31H47N5O6. The van der Waals surface area contributed by atoms with Crippen LogP contribution in [0.5, 0.6) is 11.5 Å². The number of nitrogens with two attached hydrogens (primary N) is 2. The third-order valence-corrected chi connectivity index (χ3v) is 10.1. The van der Waals surface area contributed by atoms with Crippen LogP contribution in [0.25, 0.3) is 0 Å². The number of aryl methyl sites for hydroxylation is 1. The maximum Gasteiger partial charge on any atom is 0.415 e. The lowest BCUT2D eigenvalue weighted by atomic mass is 9.52. The van der Waals surface area contributed by atoms with Gasteiger partial charge in [-0.15, -0.1) is 0 Å². The van der Waals surface area contributed by atoms with Crippen LogP contribution in [0.4, 0.5) is 4.79 Å². The number of unbranched alkanes of at least 4 members (excludes halogenated alkanes) is 1. The second kappa shape index (κ2) is 12.1. The Bertz CT molecular complexity index is 1210. The fourth-order valence-electron chi connectivity index (χ4n) is 7.35. The van der Waals surface area contributed by atoms with Gasteiger partial charge in [-0.3, -0.25) is 14.5 Å². The number of hydrogen-bond donors (Lipinski definition) is 4. The number of likely N-dealkylation sites (tertiary alicyclic amines) is 1. The molecule has 232 valence electrons. The minimum atomic E-state index is -1.16. The molecule has 2 aliphatic heterocycles. The quantitative estimate of drug-likeness (QED) is 0.283. The number of benzene rings is 1. The van der Waals surface area contributed by atoms with Gasteiger partial charge in [0, 0.05) is 44.7 Å². The number of ether oxygens (including phenoxy) is 2. The van der Waals surface area contributed by atoms with Gasteiger partial charge in [0.25, 0.3) is 0 Å². The number of carbonyl (C=O) groups is 3. The normalized spacial score (nSPS) is 29.1. The van der Waals surface area contributed by atoms with Crippen molar-refractivity contribution in [3.8, 4) is 11.5 Å². The number of rotatable bonds is 11. The second-order valence-electron chi connectivity index (χ2n) is 12.8. The fraction of sp³-hybridized carbons (Fsp3) is 0.710. The molecule has 11 heteroatoms. The van der Waals surface area contributed by atoms with Crippen molar-refractivity contribution >= 4 is 17.8 Å². The molecule has 1 spiro atoms. The van der Waals surface area contributed by atoms with Gasteiger partial charge in [0.05, 0.1) is 17.1 Å². The second-order valence-corrected chi connectivity index (χ2v) is 12.8. The third-order valence-electron chi connectivity index (χ3n) is 10.1. The Morgan fingerprint density at radius 2 is 2.05 bits per heavy atom. The largest absolute Gasteiger partial charge is 0.477 e. The number of aliphatic hydroxyl groups is 1. The zero-order chi connectivity index (χ0) is 30.2. The molecule has 0 aromatic heterocycles. The van der Waals surface area contributed by atoms with Gasteiger partial charge in [0.1, 0.15) is 0 Å². The van der Waals surface area contributed by atoms with Crippen molar-refractivity contribution in [1.82, 2.24) is 15.1 Å². The Morgan fingerprint density at radius 1 is 1.29 bits per heavy atom. The van der Waals surface area contributed by atoms with Crippen molar-refractivity contribution in [3.63, 3.8) is 0 Å². The molecule has 2 heterocycles. The zero-order valence-electron chi connectivity index (χ0n) is 25.2. The van der Waals surface area contributed by atoms with Crippen molar-refractivity contribution in [2.75, 3.05) is 39.8 Å². The lowest BCUT2D eigenvalue weighted by Crippen LogP contribution is -2.74. The summed E-state index contributed by atoms with van der Waals surface area (Å²) < 4.78 is 12.2. The number of fused-ring (bicyclic) bond motifs is 1. The molecule has 11 nitrogen and oxygen atoms in total. The first-order chi connectivity index (χ1) is 20.0. The first kappa shape index (κ1) is 30.7. The van der Waals surface area contributed by atoms with E-state index in [1.165, 1.54) is 17.7 Å². The number of nitrogens with zero attached hydrogens (tertiary/aromatic N) is 2. The Morgan fingerprint density at radius 3 is 2.76 bits per heavy atom. The van der Waals surface area contributed by atoms with Crippen LogP contribution in [-0.4, -0.2) is 96.3 Å². The first-order valence-corrected chi connectivity index (χ1v) is 15.5. The first-order valence-electron chi connectivity index (χ1n) is 15.5. The van der Waals surface area contributed by atoms with Crippen molar-refractivity contribution in [1.29, 1.82) is 0 Å². The van der Waals surface area contributed by atoms with Crippen molar-refractivity contribution in [2.24, 2.45) is 17.4 Å². The van der Waals surface area contributed by atoms with Gasteiger partial charge in [-0.05, 0) is 83.0 Å². The van der Waals surface area contributed by atoms with Gasteiger partial charge in [0.2, 0.25) is 5.91 Å². The summed E-state index contributed by atoms with van der Waals surface area (Å²) in [4.78, 5) is 42.4. The van der Waals surface area contributed by atoms with E-state index in [0.717, 1.165) is 37.1 Å². The maximum absolute atomic E-state index is 13.3. The molecule has 1 unspecified atom stereocenters. The van der Waals surface area contributed by atoms with Gasteiger partial charge in [0.15, 0.2) is 23.4 Å². The molecule has 2 aliphatic carbocycles. The molecule has 1 aromatic rings. The van der Waals surface area contributed by atoms with Crippen LogP contribution in [0.1, 0.15) is 69.4 Å². The minimum absolute atomic E-state index is 0.0236. The van der Waals surface area contributed by atoms with E-state index in [1.54, 1.807) is 13.1 Å². The molecule has 0 radical (unpaired) electrons. The highest BCUT2D eigenvalue weighted by molar-refractivity contribution is 5.90. The average molecular weight is 586 g/mol. The van der Waals surface area contributed by atoms with E-state index >= 15 is 0 Å². The summed E-state index contributed by atoms with van der Waals surface area (Å²) in [6.07, 6.45) is 4.39. The molecule has 3 fully saturated rings. The number of likely N-dealkylation sites (N-methyl/N-ethyl adjacent to an activating group) is 1. The molecule has 5 rings (SSSR count). The number of Topliss-reactive ketones (excluding diaryl/α,β-unsaturated/α-hetero) is 1. The van der Waals surface area contributed by atoms with Crippen LogP contribution >= 0.6 is 0 Å². The summed E-state index contributed by atoms with van der Waals surface area (Å²) in [5.41, 5.74) is 11.1. The van der Waals surface area contributed by atoms with Crippen LogP contribution in [0.2, 0.25) is 0 Å². The smallest absolute Gasteiger partial charge is 0.415 e. The van der Waals surface area contributed by atoms with Crippen LogP contribution < -0.4 is 26.3 Å². The molecular weight excluding hydrogens is 538 g/mol. The van der Waals surface area contributed by atoms with Crippen LogP contribution in [0, 0.1) is 12.8 Å². The van der Waals surface area contributed by atoms with Gasteiger partial charge in [-0.1, -0.05) is 12.5 Å². The van der Waals surface area contributed by atoms with E-state index in [1.807, 2.05) is 13.0 Å². The topological polar surface area (TPSA) is 160 Å². The summed E-state index contributed by atoms with van der Waals surface area (Å²) in [5, 5.41) is 15.2. The average Bonchev–Trinajstić information content (AvgIpc) is 3.71. The maximum atomic E-state index is 13.3. The number of hydrogen-bond acceptors (Lipinski definition) is 9. The molecule has 1 saturated heterocycles. The fourth-order valence-corrected chi connectivity index (χ4v) is 7.35. The summed E-state index contributed by atoms with van der Waals surface area (Å²) in [6.45, 7) is 6.77. The lowest BCUT2D eigenvalue weighted by molar-refractivity contribution is -0.181. The number of amides is 2. The van der Waals surface area contributed by atoms with E-state index in [4.69, 9.17) is 20.9 Å². The van der Waals surface area contributed by atoms with Crippen LogP contribution in [0.3, 0.4) is 0 Å². The van der Waals surface area contributed by atoms with Gasteiger partial charge >= 0.3 is 6.09 Å². The Hall–Kier alpha value is -2.73. The number of nitrogens with one attached hydrogen (secondary N) is 1. The molecule has 42 heavy (non-hydrogen) atoms. The zero-order valence-corrected chi connectivity index (χ0v) is 25.2. The molecule has 0 bridgehead atoms. The Balaban J connectivity index is 1.30. The summed E-state index contributed by atoms with van der Waals surface area (Å²) >= 11 is 0. The van der Waals surface area contributed by atoms with Crippen LogP contribution in [0.15, 0.2) is 12.1 Å². The molecule has 2 saturated carbocycles. The highest BCUT2D eigenvalue weighted by Gasteiger charge is 2.70. The third kappa shape index (κ3) is 5.40. The van der Waals surface area contributed by atoms with Crippen molar-refractivity contribution < 1.29 is 29.0 Å². The van der Waals surface area contributed by atoms with Crippen LogP contribution in [-0.2, 0) is 15.0 Å². The predicted molar refractivity (Wildman–Crippen MR) is 157 cm³/mol. The van der Waals surface area contributed by atoms with E-state index in [9.17, 15) is 19.5 Å². The predicted octanol–water partition coefficient (Wildman–Crippen LogP) is 1.60. The van der Waals surface area contributed by atoms with Crippen molar-refractivity contribution in [3.05, 3.63) is 23.3 Å². The molecule has 6 N–H and O–H groups in total. The molecule has 2 amide bonds. The van der Waals surface area contributed by atoms with E-state index in [2.05, 4.69) is 17.1 Å². The highest BCUT2D eigenvalue weighted by Crippen LogP contribution is 2.62. The lowest BCUT2D eigenvalue weighted by Gasteiger charge is -2.59.